The van der Waals surface area contributed by atoms with Crippen molar-refractivity contribution >= 4 is 10.0 Å². The van der Waals surface area contributed by atoms with Crippen LogP contribution in [0.2, 0.25) is 0 Å². The van der Waals surface area contributed by atoms with Crippen molar-refractivity contribution in [1.29, 1.82) is 0 Å². The molecule has 0 aromatic carbocycles. The molecule has 0 spiro atoms. The molecule has 0 amide bonds. The molecule has 3 heterocycles. The second-order valence-corrected chi connectivity index (χ2v) is 9.17. The van der Waals surface area contributed by atoms with Gasteiger partial charge in [0, 0.05) is 45.1 Å². The van der Waals surface area contributed by atoms with E-state index in [0.29, 0.717) is 12.6 Å². The monoisotopic (exact) mass is 354 g/mol. The SMILES string of the molecule is O=S(=O)(NCC[C@H]1CN(C2CCOCC2)Cc2ccnn21)C1CC1. The maximum Gasteiger partial charge on any atom is 0.214 e. The molecule has 7 nitrogen and oxygen atoms in total. The number of rotatable bonds is 6. The first-order valence-electron chi connectivity index (χ1n) is 8.96. The van der Waals surface area contributed by atoms with Gasteiger partial charge in [-0.15, -0.1) is 0 Å². The average Bonchev–Trinajstić information content (AvgIpc) is 3.35. The Morgan fingerprint density at radius 1 is 1.25 bits per heavy atom. The van der Waals surface area contributed by atoms with Crippen molar-refractivity contribution in [3.8, 4) is 0 Å². The number of hydrogen-bond donors (Lipinski definition) is 1. The summed E-state index contributed by atoms with van der Waals surface area (Å²) < 4.78 is 34.3. The van der Waals surface area contributed by atoms with Crippen LogP contribution in [-0.2, 0) is 21.3 Å². The highest BCUT2D eigenvalue weighted by Gasteiger charge is 2.36. The quantitative estimate of drug-likeness (QED) is 0.821. The Labute approximate surface area is 143 Å². The zero-order valence-corrected chi connectivity index (χ0v) is 14.7. The molecule has 1 aromatic heterocycles. The number of ether oxygens (including phenoxy) is 1. The summed E-state index contributed by atoms with van der Waals surface area (Å²) in [5.41, 5.74) is 1.22. The molecule has 24 heavy (non-hydrogen) atoms. The molecule has 2 fully saturated rings. The summed E-state index contributed by atoms with van der Waals surface area (Å²) >= 11 is 0. The van der Waals surface area contributed by atoms with Crippen LogP contribution in [0.5, 0.6) is 0 Å². The zero-order chi connectivity index (χ0) is 16.6. The lowest BCUT2D eigenvalue weighted by molar-refractivity contribution is 0.0159. The Kier molecular flexibility index (Phi) is 4.64. The summed E-state index contributed by atoms with van der Waals surface area (Å²) in [7, 11) is -3.10. The van der Waals surface area contributed by atoms with E-state index in [1.807, 2.05) is 6.20 Å². The summed E-state index contributed by atoms with van der Waals surface area (Å²) in [4.78, 5) is 2.53. The van der Waals surface area contributed by atoms with Crippen LogP contribution in [-0.4, -0.2) is 60.7 Å². The van der Waals surface area contributed by atoms with E-state index in [-0.39, 0.29) is 11.3 Å². The van der Waals surface area contributed by atoms with Crippen LogP contribution in [0.3, 0.4) is 0 Å². The largest absolute Gasteiger partial charge is 0.381 e. The van der Waals surface area contributed by atoms with E-state index in [4.69, 9.17) is 4.74 Å². The fraction of sp³-hybridized carbons (Fsp3) is 0.812. The lowest BCUT2D eigenvalue weighted by Crippen LogP contribution is -2.46. The molecule has 1 aromatic rings. The van der Waals surface area contributed by atoms with E-state index in [1.54, 1.807) is 0 Å². The highest BCUT2D eigenvalue weighted by atomic mass is 32.2. The van der Waals surface area contributed by atoms with Crippen molar-refractivity contribution in [2.75, 3.05) is 26.3 Å². The number of aromatic nitrogens is 2. The minimum Gasteiger partial charge on any atom is -0.381 e. The van der Waals surface area contributed by atoms with Crippen LogP contribution < -0.4 is 4.72 Å². The van der Waals surface area contributed by atoms with Crippen molar-refractivity contribution in [3.63, 3.8) is 0 Å². The molecule has 1 aliphatic carbocycles. The van der Waals surface area contributed by atoms with Gasteiger partial charge in [0.2, 0.25) is 10.0 Å². The highest BCUT2D eigenvalue weighted by Crippen LogP contribution is 2.29. The molecule has 1 N–H and O–H groups in total. The maximum absolute atomic E-state index is 12.0. The van der Waals surface area contributed by atoms with Crippen molar-refractivity contribution in [1.82, 2.24) is 19.4 Å². The van der Waals surface area contributed by atoms with Gasteiger partial charge < -0.3 is 4.74 Å². The first-order valence-corrected chi connectivity index (χ1v) is 10.5. The Bertz CT molecular complexity index is 665. The molecule has 4 rings (SSSR count). The van der Waals surface area contributed by atoms with Crippen LogP contribution in [0.25, 0.3) is 0 Å². The molecule has 1 saturated heterocycles. The van der Waals surface area contributed by atoms with Crippen molar-refractivity contribution in [3.05, 3.63) is 18.0 Å². The van der Waals surface area contributed by atoms with Gasteiger partial charge in [-0.1, -0.05) is 0 Å². The third-order valence-corrected chi connectivity index (χ3v) is 7.32. The van der Waals surface area contributed by atoms with Gasteiger partial charge in [0.15, 0.2) is 0 Å². The molecular weight excluding hydrogens is 328 g/mol. The van der Waals surface area contributed by atoms with E-state index in [0.717, 1.165) is 58.4 Å². The number of sulfonamides is 1. The van der Waals surface area contributed by atoms with Gasteiger partial charge in [-0.3, -0.25) is 9.58 Å². The summed E-state index contributed by atoms with van der Waals surface area (Å²) in [6, 6.07) is 2.87. The Balaban J connectivity index is 1.39. The molecule has 2 aliphatic heterocycles. The number of nitrogens with one attached hydrogen (secondary N) is 1. The highest BCUT2D eigenvalue weighted by molar-refractivity contribution is 7.90. The van der Waals surface area contributed by atoms with Gasteiger partial charge in [0.05, 0.1) is 17.0 Å². The summed E-state index contributed by atoms with van der Waals surface area (Å²) in [6.45, 7) is 4.03. The van der Waals surface area contributed by atoms with E-state index in [1.165, 1.54) is 5.69 Å². The summed E-state index contributed by atoms with van der Waals surface area (Å²) in [6.07, 6.45) is 6.40. The predicted molar refractivity (Wildman–Crippen MR) is 90.1 cm³/mol. The van der Waals surface area contributed by atoms with E-state index in [9.17, 15) is 8.42 Å². The topological polar surface area (TPSA) is 76.5 Å². The summed E-state index contributed by atoms with van der Waals surface area (Å²) in [5.74, 6) is 0. The molecule has 134 valence electrons. The Morgan fingerprint density at radius 3 is 2.79 bits per heavy atom. The van der Waals surface area contributed by atoms with Gasteiger partial charge in [-0.05, 0) is 38.2 Å². The normalized spacial score (nSPS) is 26.4. The molecule has 0 unspecified atom stereocenters. The number of fused-ring (bicyclic) bond motifs is 1. The van der Waals surface area contributed by atoms with Gasteiger partial charge in [0.25, 0.3) is 0 Å². The lowest BCUT2D eigenvalue weighted by atomic mass is 10.0. The molecule has 1 saturated carbocycles. The van der Waals surface area contributed by atoms with Gasteiger partial charge in [-0.25, -0.2) is 13.1 Å². The van der Waals surface area contributed by atoms with Crippen molar-refractivity contribution in [2.24, 2.45) is 0 Å². The molecule has 8 heteroatoms. The molecular formula is C16H26N4O3S. The molecule has 3 aliphatic rings. The second-order valence-electron chi connectivity index (χ2n) is 7.12. The first-order chi connectivity index (χ1) is 11.6. The Hall–Kier alpha value is -0.960. The third kappa shape index (κ3) is 3.51. The van der Waals surface area contributed by atoms with Crippen LogP contribution in [0, 0.1) is 0 Å². The van der Waals surface area contributed by atoms with Crippen molar-refractivity contribution < 1.29 is 13.2 Å². The van der Waals surface area contributed by atoms with Crippen molar-refractivity contribution in [2.45, 2.75) is 56.0 Å². The second kappa shape index (κ2) is 6.74. The number of hydrogen-bond acceptors (Lipinski definition) is 5. The van der Waals surface area contributed by atoms with Crippen LogP contribution in [0.4, 0.5) is 0 Å². The Morgan fingerprint density at radius 2 is 2.04 bits per heavy atom. The fourth-order valence-electron chi connectivity index (χ4n) is 3.82. The zero-order valence-electron chi connectivity index (χ0n) is 13.9. The van der Waals surface area contributed by atoms with Gasteiger partial charge in [0.1, 0.15) is 0 Å². The van der Waals surface area contributed by atoms with Crippen LogP contribution >= 0.6 is 0 Å². The lowest BCUT2D eigenvalue weighted by Gasteiger charge is -2.40. The maximum atomic E-state index is 12.0. The molecule has 0 bridgehead atoms. The van der Waals surface area contributed by atoms with E-state index in [2.05, 4.69) is 25.5 Å². The predicted octanol–water partition coefficient (Wildman–Crippen LogP) is 0.891. The van der Waals surface area contributed by atoms with E-state index >= 15 is 0 Å². The van der Waals surface area contributed by atoms with Gasteiger partial charge >= 0.3 is 0 Å². The van der Waals surface area contributed by atoms with Gasteiger partial charge in [-0.2, -0.15) is 5.10 Å². The molecule has 0 radical (unpaired) electrons. The van der Waals surface area contributed by atoms with Crippen LogP contribution in [0.15, 0.2) is 12.3 Å². The standard InChI is InChI=1S/C16H26N4O3S/c21-24(22,16-1-2-16)18-8-4-15-12-19(13-5-9-23-10-6-13)11-14-3-7-17-20(14)15/h3,7,13,15-16,18H,1-2,4-6,8-12H2/t15-/m0/s1. The van der Waals surface area contributed by atoms with Crippen LogP contribution in [0.1, 0.15) is 43.8 Å². The minimum absolute atomic E-state index is 0.150. The smallest absolute Gasteiger partial charge is 0.214 e. The van der Waals surface area contributed by atoms with E-state index < -0.39 is 10.0 Å². The minimum atomic E-state index is -3.10. The first kappa shape index (κ1) is 16.5. The molecule has 1 atom stereocenters. The fourth-order valence-corrected chi connectivity index (χ4v) is 5.22. The average molecular weight is 354 g/mol. The third-order valence-electron chi connectivity index (χ3n) is 5.36. The number of nitrogens with zero attached hydrogens (tertiary/aromatic N) is 3. The summed E-state index contributed by atoms with van der Waals surface area (Å²) in [5, 5.41) is 4.32.